The number of hydrogen-bond acceptors (Lipinski definition) is 3. The van der Waals surface area contributed by atoms with Crippen molar-refractivity contribution < 1.29 is 4.79 Å². The zero-order chi connectivity index (χ0) is 15.1. The van der Waals surface area contributed by atoms with Gasteiger partial charge in [0.15, 0.2) is 0 Å². The molecule has 0 saturated heterocycles. The normalized spacial score (nSPS) is 11.8. The van der Waals surface area contributed by atoms with E-state index < -0.39 is 0 Å². The zero-order valence-electron chi connectivity index (χ0n) is 12.2. The van der Waals surface area contributed by atoms with Gasteiger partial charge in [0.2, 0.25) is 0 Å². The van der Waals surface area contributed by atoms with Gasteiger partial charge in [-0.1, -0.05) is 36.4 Å². The summed E-state index contributed by atoms with van der Waals surface area (Å²) in [7, 11) is 0. The second kappa shape index (κ2) is 7.19. The predicted octanol–water partition coefficient (Wildman–Crippen LogP) is 2.40. The van der Waals surface area contributed by atoms with Gasteiger partial charge in [0, 0.05) is 11.9 Å². The minimum Gasteiger partial charge on any atom is -0.271 e. The molecule has 2 aromatic rings. The number of nitrogens with one attached hydrogen (secondary N) is 1. The summed E-state index contributed by atoms with van der Waals surface area (Å²) < 4.78 is 1.62. The summed E-state index contributed by atoms with van der Waals surface area (Å²) in [5.74, 6) is -0.200. The van der Waals surface area contributed by atoms with Crippen molar-refractivity contribution in [2.24, 2.45) is 5.10 Å². The Morgan fingerprint density at radius 1 is 1.33 bits per heavy atom. The Hall–Kier alpha value is -2.69. The molecule has 1 aromatic heterocycles. The highest BCUT2D eigenvalue weighted by Crippen LogP contribution is 2.01. The third-order valence-corrected chi connectivity index (χ3v) is 2.90. The molecule has 0 aliphatic heterocycles. The molecule has 0 radical (unpaired) electrons. The van der Waals surface area contributed by atoms with Gasteiger partial charge in [-0.15, -0.1) is 0 Å². The lowest BCUT2D eigenvalue weighted by molar-refractivity contribution is -0.121. The van der Waals surface area contributed by atoms with Gasteiger partial charge >= 0.3 is 0 Å². The minimum atomic E-state index is -0.200. The molecule has 0 unspecified atom stereocenters. The van der Waals surface area contributed by atoms with Crippen molar-refractivity contribution in [3.63, 3.8) is 0 Å². The molecule has 0 aliphatic carbocycles. The van der Waals surface area contributed by atoms with Crippen LogP contribution < -0.4 is 5.43 Å². The maximum Gasteiger partial charge on any atom is 0.261 e. The summed E-state index contributed by atoms with van der Waals surface area (Å²) in [5, 5.41) is 8.09. The van der Waals surface area contributed by atoms with Crippen molar-refractivity contribution >= 4 is 17.7 Å². The highest BCUT2D eigenvalue weighted by molar-refractivity contribution is 5.96. The number of carbonyl (C=O) groups excluding carboxylic acids is 1. The van der Waals surface area contributed by atoms with E-state index in [2.05, 4.69) is 15.6 Å². The Kier molecular flexibility index (Phi) is 5.04. The third-order valence-electron chi connectivity index (χ3n) is 2.90. The number of carbonyl (C=O) groups is 1. The number of benzene rings is 1. The molecule has 0 bridgehead atoms. The Labute approximate surface area is 124 Å². The van der Waals surface area contributed by atoms with E-state index in [-0.39, 0.29) is 12.5 Å². The molecule has 1 aromatic carbocycles. The number of hydrazone groups is 1. The summed E-state index contributed by atoms with van der Waals surface area (Å²) in [6.45, 7) is 3.90. The van der Waals surface area contributed by atoms with Crippen LogP contribution in [0.15, 0.2) is 53.8 Å². The van der Waals surface area contributed by atoms with Crippen LogP contribution in [0.25, 0.3) is 6.08 Å². The van der Waals surface area contributed by atoms with Gasteiger partial charge in [-0.25, -0.2) is 5.43 Å². The lowest BCUT2D eigenvalue weighted by atomic mass is 10.2. The Bertz CT molecular complexity index is 656. The summed E-state index contributed by atoms with van der Waals surface area (Å²) in [6.07, 6.45) is 5.47. The summed E-state index contributed by atoms with van der Waals surface area (Å²) >= 11 is 0. The molecular weight excluding hydrogens is 264 g/mol. The van der Waals surface area contributed by atoms with E-state index in [0.29, 0.717) is 0 Å². The fourth-order valence-electron chi connectivity index (χ4n) is 1.70. The molecule has 1 amide bonds. The molecule has 21 heavy (non-hydrogen) atoms. The van der Waals surface area contributed by atoms with Crippen LogP contribution in [-0.2, 0) is 11.3 Å². The van der Waals surface area contributed by atoms with Gasteiger partial charge in [-0.3, -0.25) is 9.48 Å². The van der Waals surface area contributed by atoms with E-state index in [9.17, 15) is 4.79 Å². The number of aryl methyl sites for hydroxylation is 1. The van der Waals surface area contributed by atoms with E-state index in [1.54, 1.807) is 10.9 Å². The number of amides is 1. The van der Waals surface area contributed by atoms with Crippen molar-refractivity contribution in [3.05, 3.63) is 59.9 Å². The largest absolute Gasteiger partial charge is 0.271 e. The smallest absolute Gasteiger partial charge is 0.261 e. The topological polar surface area (TPSA) is 59.3 Å². The highest BCUT2D eigenvalue weighted by atomic mass is 16.2. The standard InChI is InChI=1S/C16H18N4O/c1-13(8-9-15-6-4-3-5-7-15)18-19-16(21)12-20-14(2)10-11-17-20/h3-11H,12H2,1-2H3,(H,19,21). The second-order valence-corrected chi connectivity index (χ2v) is 4.66. The van der Waals surface area contributed by atoms with Crippen LogP contribution >= 0.6 is 0 Å². The first-order chi connectivity index (χ1) is 10.1. The lowest BCUT2D eigenvalue weighted by Crippen LogP contribution is -2.24. The SMILES string of the molecule is CC(C=Cc1ccccc1)=NNC(=O)Cn1nccc1C. The molecule has 0 saturated carbocycles. The van der Waals surface area contributed by atoms with Gasteiger partial charge in [-0.2, -0.15) is 10.2 Å². The van der Waals surface area contributed by atoms with Crippen LogP contribution in [0.2, 0.25) is 0 Å². The van der Waals surface area contributed by atoms with Crippen molar-refractivity contribution in [2.45, 2.75) is 20.4 Å². The molecular formula is C16H18N4O. The molecule has 108 valence electrons. The van der Waals surface area contributed by atoms with E-state index in [1.165, 1.54) is 0 Å². The van der Waals surface area contributed by atoms with Gasteiger partial charge < -0.3 is 0 Å². The van der Waals surface area contributed by atoms with Gasteiger partial charge in [0.1, 0.15) is 6.54 Å². The Balaban J connectivity index is 1.87. The van der Waals surface area contributed by atoms with Gasteiger partial charge in [0.05, 0.1) is 5.71 Å². The summed E-state index contributed by atoms with van der Waals surface area (Å²) in [4.78, 5) is 11.7. The number of hydrogen-bond donors (Lipinski definition) is 1. The van der Waals surface area contributed by atoms with E-state index >= 15 is 0 Å². The molecule has 2 rings (SSSR count). The number of rotatable bonds is 5. The molecule has 0 atom stereocenters. The van der Waals surface area contributed by atoms with Crippen molar-refractivity contribution in [1.82, 2.24) is 15.2 Å². The molecule has 1 heterocycles. The van der Waals surface area contributed by atoms with Crippen molar-refractivity contribution in [1.29, 1.82) is 0 Å². The first-order valence-corrected chi connectivity index (χ1v) is 6.70. The monoisotopic (exact) mass is 282 g/mol. The number of aromatic nitrogens is 2. The van der Waals surface area contributed by atoms with E-state index in [4.69, 9.17) is 0 Å². The second-order valence-electron chi connectivity index (χ2n) is 4.66. The average Bonchev–Trinajstić information content (AvgIpc) is 2.89. The molecule has 5 heteroatoms. The molecule has 0 fully saturated rings. The van der Waals surface area contributed by atoms with Crippen LogP contribution in [0.4, 0.5) is 0 Å². The summed E-state index contributed by atoms with van der Waals surface area (Å²) in [6, 6.07) is 11.8. The van der Waals surface area contributed by atoms with Crippen molar-refractivity contribution in [2.75, 3.05) is 0 Å². The van der Waals surface area contributed by atoms with Gasteiger partial charge in [0.25, 0.3) is 5.91 Å². The Morgan fingerprint density at radius 3 is 2.76 bits per heavy atom. The average molecular weight is 282 g/mol. The summed E-state index contributed by atoms with van der Waals surface area (Å²) in [5.41, 5.74) is 5.28. The lowest BCUT2D eigenvalue weighted by Gasteiger charge is -2.03. The quantitative estimate of drug-likeness (QED) is 0.676. The molecule has 5 nitrogen and oxygen atoms in total. The third kappa shape index (κ3) is 4.72. The fraction of sp³-hybridized carbons (Fsp3) is 0.188. The highest BCUT2D eigenvalue weighted by Gasteiger charge is 2.03. The van der Waals surface area contributed by atoms with Crippen LogP contribution in [0.5, 0.6) is 0 Å². The maximum absolute atomic E-state index is 11.7. The van der Waals surface area contributed by atoms with E-state index in [0.717, 1.165) is 17.0 Å². The van der Waals surface area contributed by atoms with Crippen molar-refractivity contribution in [3.8, 4) is 0 Å². The first kappa shape index (κ1) is 14.7. The molecule has 0 aliphatic rings. The van der Waals surface area contributed by atoms with E-state index in [1.807, 2.05) is 62.4 Å². The zero-order valence-corrected chi connectivity index (χ0v) is 12.2. The van der Waals surface area contributed by atoms with Crippen LogP contribution in [0, 0.1) is 6.92 Å². The number of allylic oxidation sites excluding steroid dienone is 1. The van der Waals surface area contributed by atoms with Crippen LogP contribution in [-0.4, -0.2) is 21.4 Å². The number of nitrogens with zero attached hydrogens (tertiary/aromatic N) is 3. The fourth-order valence-corrected chi connectivity index (χ4v) is 1.70. The van der Waals surface area contributed by atoms with Crippen LogP contribution in [0.1, 0.15) is 18.2 Å². The predicted molar refractivity (Wildman–Crippen MR) is 83.7 cm³/mol. The maximum atomic E-state index is 11.7. The van der Waals surface area contributed by atoms with Crippen LogP contribution in [0.3, 0.4) is 0 Å². The molecule has 0 spiro atoms. The Morgan fingerprint density at radius 2 is 2.10 bits per heavy atom. The first-order valence-electron chi connectivity index (χ1n) is 6.70. The molecule has 1 N–H and O–H groups in total. The minimum absolute atomic E-state index is 0.165. The van der Waals surface area contributed by atoms with Gasteiger partial charge in [-0.05, 0) is 31.6 Å².